The fourth-order valence-corrected chi connectivity index (χ4v) is 4.06. The van der Waals surface area contributed by atoms with Crippen molar-refractivity contribution in [3.8, 4) is 0 Å². The first-order chi connectivity index (χ1) is 14.0. The number of amides is 2. The van der Waals surface area contributed by atoms with Crippen molar-refractivity contribution in [1.29, 1.82) is 0 Å². The summed E-state index contributed by atoms with van der Waals surface area (Å²) in [5, 5.41) is 18.3. The molecule has 0 radical (unpaired) electrons. The molecule has 0 aliphatic carbocycles. The Hall–Kier alpha value is -2.46. The molecule has 2 amide bonds. The second kappa shape index (κ2) is 8.11. The standard InChI is InChI=1S/C19H29N7O3/c1-4-6-20-18(27)21-8-16-17-10-28-19(12-26(17)24-22-16)5-7-25(11-19)9-15-13(2)23-29-14(15)3/h4-12H2,1-3H3,(H2,20,21,27). The van der Waals surface area contributed by atoms with Gasteiger partial charge in [-0.3, -0.25) is 4.90 Å². The number of aryl methyl sites for hydroxylation is 2. The molecule has 1 spiro atoms. The monoisotopic (exact) mass is 403 g/mol. The van der Waals surface area contributed by atoms with E-state index in [0.717, 1.165) is 60.9 Å². The van der Waals surface area contributed by atoms with Gasteiger partial charge in [-0.2, -0.15) is 0 Å². The van der Waals surface area contributed by atoms with E-state index in [1.165, 1.54) is 0 Å². The van der Waals surface area contributed by atoms with Crippen LogP contribution in [0.2, 0.25) is 0 Å². The van der Waals surface area contributed by atoms with Crippen LogP contribution in [0.25, 0.3) is 0 Å². The van der Waals surface area contributed by atoms with Crippen LogP contribution in [0.15, 0.2) is 4.52 Å². The minimum absolute atomic E-state index is 0.187. The Balaban J connectivity index is 1.36. The Morgan fingerprint density at radius 3 is 2.90 bits per heavy atom. The van der Waals surface area contributed by atoms with Gasteiger partial charge in [0.1, 0.15) is 17.1 Å². The van der Waals surface area contributed by atoms with E-state index >= 15 is 0 Å². The van der Waals surface area contributed by atoms with Crippen LogP contribution in [-0.2, 0) is 31.0 Å². The van der Waals surface area contributed by atoms with Crippen LogP contribution in [0.1, 0.15) is 48.2 Å². The number of fused-ring (bicyclic) bond motifs is 1. The summed E-state index contributed by atoms with van der Waals surface area (Å²) in [7, 11) is 0. The number of rotatable bonds is 6. The first kappa shape index (κ1) is 19.8. The maximum Gasteiger partial charge on any atom is 0.315 e. The third-order valence-corrected chi connectivity index (χ3v) is 5.78. The van der Waals surface area contributed by atoms with Gasteiger partial charge >= 0.3 is 6.03 Å². The lowest BCUT2D eigenvalue weighted by Crippen LogP contribution is -2.44. The molecular formula is C19H29N7O3. The number of nitrogens with one attached hydrogen (secondary N) is 2. The molecule has 0 bridgehead atoms. The molecule has 29 heavy (non-hydrogen) atoms. The van der Waals surface area contributed by atoms with E-state index in [-0.39, 0.29) is 11.6 Å². The predicted molar refractivity (Wildman–Crippen MR) is 104 cm³/mol. The van der Waals surface area contributed by atoms with Crippen molar-refractivity contribution in [2.24, 2.45) is 0 Å². The first-order valence-corrected chi connectivity index (χ1v) is 10.2. The number of carbonyl (C=O) groups excluding carboxylic acids is 1. The van der Waals surface area contributed by atoms with Gasteiger partial charge in [-0.15, -0.1) is 5.10 Å². The fraction of sp³-hybridized carbons (Fsp3) is 0.684. The summed E-state index contributed by atoms with van der Waals surface area (Å²) in [5.74, 6) is 0.881. The van der Waals surface area contributed by atoms with Gasteiger partial charge in [-0.1, -0.05) is 17.3 Å². The number of carbonyl (C=O) groups is 1. The summed E-state index contributed by atoms with van der Waals surface area (Å²) in [6.45, 7) is 10.7. The molecule has 1 unspecified atom stereocenters. The SMILES string of the molecule is CCCNC(=O)NCc1nnn2c1COC1(CCN(Cc3c(C)noc3C)C1)C2. The van der Waals surface area contributed by atoms with Gasteiger partial charge in [0.15, 0.2) is 0 Å². The summed E-state index contributed by atoms with van der Waals surface area (Å²) in [6, 6.07) is -0.187. The molecule has 1 atom stereocenters. The highest BCUT2D eigenvalue weighted by molar-refractivity contribution is 5.73. The number of hydrogen-bond donors (Lipinski definition) is 2. The number of urea groups is 1. The van der Waals surface area contributed by atoms with Gasteiger partial charge < -0.3 is 19.9 Å². The van der Waals surface area contributed by atoms with Gasteiger partial charge in [0.2, 0.25) is 0 Å². The molecule has 1 fully saturated rings. The third kappa shape index (κ3) is 4.13. The average molecular weight is 403 g/mol. The van der Waals surface area contributed by atoms with E-state index in [1.54, 1.807) is 0 Å². The molecule has 2 aromatic heterocycles. The van der Waals surface area contributed by atoms with E-state index in [2.05, 4.69) is 31.0 Å². The predicted octanol–water partition coefficient (Wildman–Crippen LogP) is 1.27. The van der Waals surface area contributed by atoms with Crippen LogP contribution in [0.3, 0.4) is 0 Å². The third-order valence-electron chi connectivity index (χ3n) is 5.78. The van der Waals surface area contributed by atoms with Gasteiger partial charge in [0, 0.05) is 31.7 Å². The van der Waals surface area contributed by atoms with Gasteiger partial charge in [0.25, 0.3) is 0 Å². The van der Waals surface area contributed by atoms with Crippen LogP contribution in [0.5, 0.6) is 0 Å². The van der Waals surface area contributed by atoms with E-state index in [1.807, 2.05) is 25.5 Å². The highest BCUT2D eigenvalue weighted by Crippen LogP contribution is 2.33. The fourth-order valence-electron chi connectivity index (χ4n) is 4.06. The van der Waals surface area contributed by atoms with Crippen molar-refractivity contribution in [3.63, 3.8) is 0 Å². The van der Waals surface area contributed by atoms with Crippen LogP contribution >= 0.6 is 0 Å². The van der Waals surface area contributed by atoms with Crippen molar-refractivity contribution >= 4 is 6.03 Å². The van der Waals surface area contributed by atoms with Gasteiger partial charge in [-0.25, -0.2) is 9.48 Å². The van der Waals surface area contributed by atoms with Crippen LogP contribution in [0, 0.1) is 13.8 Å². The second-order valence-electron chi connectivity index (χ2n) is 7.99. The minimum Gasteiger partial charge on any atom is -0.365 e. The highest BCUT2D eigenvalue weighted by atomic mass is 16.5. The summed E-state index contributed by atoms with van der Waals surface area (Å²) < 4.78 is 13.5. The molecule has 2 aliphatic heterocycles. The summed E-state index contributed by atoms with van der Waals surface area (Å²) in [4.78, 5) is 14.1. The van der Waals surface area contributed by atoms with Gasteiger partial charge in [-0.05, 0) is 26.7 Å². The zero-order valence-corrected chi connectivity index (χ0v) is 17.3. The molecule has 10 nitrogen and oxygen atoms in total. The Kier molecular flexibility index (Phi) is 5.55. The summed E-state index contributed by atoms with van der Waals surface area (Å²) >= 11 is 0. The Bertz CT molecular complexity index is 858. The molecule has 158 valence electrons. The highest BCUT2D eigenvalue weighted by Gasteiger charge is 2.43. The second-order valence-corrected chi connectivity index (χ2v) is 7.99. The normalized spacial score (nSPS) is 21.5. The van der Waals surface area contributed by atoms with Crippen molar-refractivity contribution in [2.45, 2.75) is 65.5 Å². The summed E-state index contributed by atoms with van der Waals surface area (Å²) in [6.07, 6.45) is 1.85. The largest absolute Gasteiger partial charge is 0.365 e. The zero-order chi connectivity index (χ0) is 20.4. The molecule has 0 saturated carbocycles. The molecule has 2 aliphatic rings. The topological polar surface area (TPSA) is 110 Å². The van der Waals surface area contributed by atoms with Crippen LogP contribution < -0.4 is 10.6 Å². The summed E-state index contributed by atoms with van der Waals surface area (Å²) in [5.41, 5.74) is 3.57. The number of ether oxygens (including phenoxy) is 1. The smallest absolute Gasteiger partial charge is 0.315 e. The molecule has 4 heterocycles. The minimum atomic E-state index is -0.247. The Labute approximate surface area is 169 Å². The molecule has 2 N–H and O–H groups in total. The van der Waals surface area contributed by atoms with Crippen molar-refractivity contribution in [3.05, 3.63) is 28.4 Å². The van der Waals surface area contributed by atoms with E-state index in [0.29, 0.717) is 26.2 Å². The Morgan fingerprint density at radius 2 is 2.14 bits per heavy atom. The van der Waals surface area contributed by atoms with Crippen molar-refractivity contribution < 1.29 is 14.1 Å². The van der Waals surface area contributed by atoms with E-state index in [9.17, 15) is 4.79 Å². The number of aromatic nitrogens is 4. The average Bonchev–Trinajstić information content (AvgIpc) is 3.38. The van der Waals surface area contributed by atoms with Gasteiger partial charge in [0.05, 0.1) is 31.1 Å². The first-order valence-electron chi connectivity index (χ1n) is 10.2. The number of likely N-dealkylation sites (tertiary alicyclic amines) is 1. The number of nitrogens with zero attached hydrogens (tertiary/aromatic N) is 5. The van der Waals surface area contributed by atoms with Crippen molar-refractivity contribution in [1.82, 2.24) is 35.7 Å². The number of hydrogen-bond acceptors (Lipinski definition) is 7. The quantitative estimate of drug-likeness (QED) is 0.747. The van der Waals surface area contributed by atoms with E-state index < -0.39 is 0 Å². The molecule has 1 saturated heterocycles. The maximum atomic E-state index is 11.8. The molecule has 4 rings (SSSR count). The molecule has 2 aromatic rings. The molecule has 10 heteroatoms. The van der Waals surface area contributed by atoms with Crippen molar-refractivity contribution in [2.75, 3.05) is 19.6 Å². The lowest BCUT2D eigenvalue weighted by atomic mass is 10.0. The molecule has 0 aromatic carbocycles. The maximum absolute atomic E-state index is 11.8. The van der Waals surface area contributed by atoms with E-state index in [4.69, 9.17) is 9.26 Å². The Morgan fingerprint density at radius 1 is 1.28 bits per heavy atom. The molecular weight excluding hydrogens is 374 g/mol. The van der Waals surface area contributed by atoms with Crippen LogP contribution in [0.4, 0.5) is 4.79 Å². The van der Waals surface area contributed by atoms with Crippen LogP contribution in [-0.4, -0.2) is 56.3 Å². The lowest BCUT2D eigenvalue weighted by molar-refractivity contribution is -0.0845. The zero-order valence-electron chi connectivity index (χ0n) is 17.3. The lowest BCUT2D eigenvalue weighted by Gasteiger charge is -2.34.